The van der Waals surface area contributed by atoms with Gasteiger partial charge in [0, 0.05) is 13.1 Å². The fourth-order valence-corrected chi connectivity index (χ4v) is 5.62. The number of piperidine rings is 1. The molecule has 1 aromatic heterocycles. The zero-order chi connectivity index (χ0) is 13.5. The first kappa shape index (κ1) is 13.3. The smallest absolute Gasteiger partial charge is 0.272 e. The van der Waals surface area contributed by atoms with E-state index in [0.717, 1.165) is 24.2 Å². The van der Waals surface area contributed by atoms with Gasteiger partial charge in [-0.2, -0.15) is 4.31 Å². The summed E-state index contributed by atoms with van der Waals surface area (Å²) >= 11 is 0.938. The third-order valence-corrected chi connectivity index (χ3v) is 7.43. The molecule has 2 aliphatic rings. The Hall–Kier alpha value is -0.730. The van der Waals surface area contributed by atoms with Gasteiger partial charge in [-0.15, -0.1) is 10.2 Å². The molecule has 2 fully saturated rings. The van der Waals surface area contributed by atoms with Crippen LogP contribution < -0.4 is 5.73 Å². The second-order valence-electron chi connectivity index (χ2n) is 5.52. The number of nitrogens with two attached hydrogens (primary N) is 1. The molecule has 6 nitrogen and oxygen atoms in total. The van der Waals surface area contributed by atoms with Crippen molar-refractivity contribution in [2.24, 2.45) is 5.41 Å². The van der Waals surface area contributed by atoms with E-state index < -0.39 is 10.0 Å². The molecular formula is C11H18N4O2S2. The largest absolute Gasteiger partial charge is 0.374 e. The molecule has 0 unspecified atom stereocenters. The van der Waals surface area contributed by atoms with Gasteiger partial charge in [0.2, 0.25) is 9.47 Å². The van der Waals surface area contributed by atoms with Crippen LogP contribution in [0.3, 0.4) is 0 Å². The fraction of sp³-hybridized carbons (Fsp3) is 0.818. The summed E-state index contributed by atoms with van der Waals surface area (Å²) in [4.78, 5) is 0. The molecule has 1 saturated heterocycles. The molecule has 0 aromatic carbocycles. The number of nitrogens with zero attached hydrogens (tertiary/aromatic N) is 3. The summed E-state index contributed by atoms with van der Waals surface area (Å²) in [5.41, 5.74) is 5.87. The van der Waals surface area contributed by atoms with Crippen LogP contribution in [0.25, 0.3) is 0 Å². The third kappa shape index (κ3) is 2.36. The van der Waals surface area contributed by atoms with E-state index in [9.17, 15) is 8.42 Å². The van der Waals surface area contributed by atoms with Crippen molar-refractivity contribution in [3.05, 3.63) is 0 Å². The molecule has 1 saturated carbocycles. The van der Waals surface area contributed by atoms with Crippen LogP contribution in [-0.4, -0.2) is 36.0 Å². The van der Waals surface area contributed by atoms with Crippen molar-refractivity contribution in [1.82, 2.24) is 14.5 Å². The van der Waals surface area contributed by atoms with Crippen molar-refractivity contribution in [2.75, 3.05) is 18.8 Å². The van der Waals surface area contributed by atoms with E-state index >= 15 is 0 Å². The Morgan fingerprint density at radius 2 is 1.74 bits per heavy atom. The maximum absolute atomic E-state index is 12.4. The predicted molar refractivity (Wildman–Crippen MR) is 73.2 cm³/mol. The molecule has 2 N–H and O–H groups in total. The van der Waals surface area contributed by atoms with E-state index in [-0.39, 0.29) is 9.47 Å². The summed E-state index contributed by atoms with van der Waals surface area (Å²) in [6.07, 6.45) is 7.04. The monoisotopic (exact) mass is 302 g/mol. The van der Waals surface area contributed by atoms with Crippen LogP contribution >= 0.6 is 11.3 Å². The van der Waals surface area contributed by atoms with Gasteiger partial charge in [0.1, 0.15) is 0 Å². The Bertz CT molecular complexity index is 553. The normalized spacial score (nSPS) is 24.0. The van der Waals surface area contributed by atoms with Gasteiger partial charge in [0.15, 0.2) is 0 Å². The Balaban J connectivity index is 1.74. The van der Waals surface area contributed by atoms with Crippen LogP contribution in [-0.2, 0) is 10.0 Å². The highest BCUT2D eigenvalue weighted by atomic mass is 32.2. The summed E-state index contributed by atoms with van der Waals surface area (Å²) in [6.45, 7) is 1.20. The number of rotatable bonds is 2. The van der Waals surface area contributed by atoms with Crippen LogP contribution in [0.4, 0.5) is 5.13 Å². The topological polar surface area (TPSA) is 89.2 Å². The van der Waals surface area contributed by atoms with E-state index in [4.69, 9.17) is 5.73 Å². The molecule has 1 spiro atoms. The summed E-state index contributed by atoms with van der Waals surface area (Å²) in [6, 6.07) is 0. The second kappa shape index (κ2) is 4.68. The van der Waals surface area contributed by atoms with Crippen molar-refractivity contribution >= 4 is 26.5 Å². The lowest BCUT2D eigenvalue weighted by Gasteiger charge is -2.38. The van der Waals surface area contributed by atoms with Crippen molar-refractivity contribution in [3.8, 4) is 0 Å². The van der Waals surface area contributed by atoms with Crippen molar-refractivity contribution < 1.29 is 8.42 Å². The van der Waals surface area contributed by atoms with Crippen LogP contribution in [0.5, 0.6) is 0 Å². The van der Waals surface area contributed by atoms with Crippen LogP contribution in [0.1, 0.15) is 38.5 Å². The average Bonchev–Trinajstić information content (AvgIpc) is 3.00. The Labute approximate surface area is 117 Å². The van der Waals surface area contributed by atoms with Crippen molar-refractivity contribution in [2.45, 2.75) is 42.9 Å². The van der Waals surface area contributed by atoms with Crippen molar-refractivity contribution in [3.63, 3.8) is 0 Å². The van der Waals surface area contributed by atoms with Gasteiger partial charge >= 0.3 is 0 Å². The lowest BCUT2D eigenvalue weighted by atomic mass is 9.78. The lowest BCUT2D eigenvalue weighted by Crippen LogP contribution is -2.42. The molecule has 19 heavy (non-hydrogen) atoms. The first-order chi connectivity index (χ1) is 9.02. The van der Waals surface area contributed by atoms with Crippen LogP contribution in [0, 0.1) is 5.41 Å². The van der Waals surface area contributed by atoms with Gasteiger partial charge in [-0.05, 0) is 31.1 Å². The van der Waals surface area contributed by atoms with Crippen LogP contribution in [0.15, 0.2) is 4.34 Å². The minimum atomic E-state index is -3.49. The van der Waals surface area contributed by atoms with Gasteiger partial charge in [-0.3, -0.25) is 0 Å². The Kier molecular flexibility index (Phi) is 3.26. The highest BCUT2D eigenvalue weighted by Gasteiger charge is 2.40. The highest BCUT2D eigenvalue weighted by Crippen LogP contribution is 2.46. The predicted octanol–water partition coefficient (Wildman–Crippen LogP) is 1.47. The highest BCUT2D eigenvalue weighted by molar-refractivity contribution is 7.91. The number of sulfonamides is 1. The number of hydrogen-bond donors (Lipinski definition) is 1. The van der Waals surface area contributed by atoms with Crippen molar-refractivity contribution in [1.29, 1.82) is 0 Å². The number of anilines is 1. The van der Waals surface area contributed by atoms with E-state index in [1.54, 1.807) is 0 Å². The molecule has 1 aliphatic heterocycles. The Morgan fingerprint density at radius 3 is 2.26 bits per heavy atom. The molecule has 0 amide bonds. The van der Waals surface area contributed by atoms with Gasteiger partial charge in [-0.1, -0.05) is 24.2 Å². The molecule has 3 rings (SSSR count). The maximum Gasteiger partial charge on any atom is 0.272 e. The quantitative estimate of drug-likeness (QED) is 0.893. The molecule has 1 aromatic rings. The zero-order valence-corrected chi connectivity index (χ0v) is 12.3. The maximum atomic E-state index is 12.4. The number of hydrogen-bond acceptors (Lipinski definition) is 6. The Morgan fingerprint density at radius 1 is 1.11 bits per heavy atom. The second-order valence-corrected chi connectivity index (χ2v) is 8.64. The summed E-state index contributed by atoms with van der Waals surface area (Å²) in [7, 11) is -3.49. The number of aromatic nitrogens is 2. The molecule has 8 heteroatoms. The zero-order valence-electron chi connectivity index (χ0n) is 10.7. The summed E-state index contributed by atoms with van der Waals surface area (Å²) in [5, 5.41) is 7.45. The van der Waals surface area contributed by atoms with Gasteiger partial charge < -0.3 is 5.73 Å². The molecule has 2 heterocycles. The summed E-state index contributed by atoms with van der Waals surface area (Å²) in [5.74, 6) is 0. The SMILES string of the molecule is Nc1nnc(S(=O)(=O)N2CCC3(CCCC3)CC2)s1. The number of nitrogen functional groups attached to an aromatic ring is 1. The lowest BCUT2D eigenvalue weighted by molar-refractivity contribution is 0.160. The average molecular weight is 302 g/mol. The van der Waals surface area contributed by atoms with E-state index in [2.05, 4.69) is 10.2 Å². The van der Waals surface area contributed by atoms with Crippen LogP contribution in [0.2, 0.25) is 0 Å². The summed E-state index contributed by atoms with van der Waals surface area (Å²) < 4.78 is 26.3. The third-order valence-electron chi connectivity index (χ3n) is 4.43. The van der Waals surface area contributed by atoms with Gasteiger partial charge in [0.05, 0.1) is 0 Å². The first-order valence-electron chi connectivity index (χ1n) is 6.61. The minimum Gasteiger partial charge on any atom is -0.374 e. The molecule has 1 aliphatic carbocycles. The van der Waals surface area contributed by atoms with E-state index in [1.165, 1.54) is 30.0 Å². The van der Waals surface area contributed by atoms with E-state index in [0.29, 0.717) is 18.5 Å². The first-order valence-corrected chi connectivity index (χ1v) is 8.87. The van der Waals surface area contributed by atoms with Gasteiger partial charge in [0.25, 0.3) is 10.0 Å². The fourth-order valence-electron chi connectivity index (χ4n) is 3.26. The molecule has 0 radical (unpaired) electrons. The standard InChI is InChI=1S/C11H18N4O2S2/c12-9-13-14-10(18-9)19(16,17)15-7-5-11(6-8-15)3-1-2-4-11/h1-8H2,(H2,12,13). The van der Waals surface area contributed by atoms with Gasteiger partial charge in [-0.25, -0.2) is 8.42 Å². The van der Waals surface area contributed by atoms with E-state index in [1.807, 2.05) is 0 Å². The molecule has 0 atom stereocenters. The minimum absolute atomic E-state index is 0.0207. The molecule has 0 bridgehead atoms. The molecule has 106 valence electrons. The molecular weight excluding hydrogens is 284 g/mol.